The van der Waals surface area contributed by atoms with Crippen LogP contribution in [0.1, 0.15) is 23.7 Å². The molecule has 2 rings (SSSR count). The van der Waals surface area contributed by atoms with Gasteiger partial charge in [0.05, 0.1) is 6.54 Å². The fraction of sp³-hybridized carbons (Fsp3) is 0.765. The van der Waals surface area contributed by atoms with Gasteiger partial charge in [-0.25, -0.2) is 4.98 Å². The third-order valence-corrected chi connectivity index (χ3v) is 5.51. The molecule has 6 nitrogen and oxygen atoms in total. The summed E-state index contributed by atoms with van der Waals surface area (Å²) in [6.45, 7) is 12.0. The van der Waals surface area contributed by atoms with Crippen LogP contribution in [0.5, 0.6) is 0 Å². The van der Waals surface area contributed by atoms with E-state index >= 15 is 0 Å². The van der Waals surface area contributed by atoms with Crippen molar-refractivity contribution in [2.45, 2.75) is 26.8 Å². The number of halogens is 1. The number of nitrogens with one attached hydrogen (secondary N) is 2. The lowest BCUT2D eigenvalue weighted by Gasteiger charge is -2.34. The lowest BCUT2D eigenvalue weighted by Crippen LogP contribution is -2.47. The Labute approximate surface area is 173 Å². The van der Waals surface area contributed by atoms with Crippen LogP contribution in [-0.2, 0) is 13.0 Å². The van der Waals surface area contributed by atoms with Crippen molar-refractivity contribution in [2.24, 2.45) is 10.9 Å². The monoisotopic (exact) mass is 480 g/mol. The average Bonchev–Trinajstić information content (AvgIpc) is 3.05. The zero-order valence-electron chi connectivity index (χ0n) is 15.9. The number of rotatable bonds is 7. The summed E-state index contributed by atoms with van der Waals surface area (Å²) in [5.41, 5.74) is 0. The van der Waals surface area contributed by atoms with Crippen LogP contribution in [0.25, 0.3) is 0 Å². The van der Waals surface area contributed by atoms with Gasteiger partial charge in [-0.1, -0.05) is 13.8 Å². The molecule has 1 aromatic rings. The minimum Gasteiger partial charge on any atom is -0.356 e. The number of likely N-dealkylation sites (N-methyl/N-ethyl adjacent to an activating group) is 1. The molecule has 1 aromatic heterocycles. The molecule has 8 heteroatoms. The Morgan fingerprint density at radius 2 is 2.04 bits per heavy atom. The standard InChI is InChI=1S/C17H32N6S.HI/c1-5-15-11-19-16(24-15)12-21-17(18-3)20-10-14(2)13-23-8-6-22(4)7-9-23;/h11,14H,5-10,12-13H2,1-4H3,(H2,18,20,21);1H. The fourth-order valence-corrected chi connectivity index (χ4v) is 3.58. The zero-order valence-corrected chi connectivity index (χ0v) is 19.1. The minimum atomic E-state index is 0. The Morgan fingerprint density at radius 1 is 1.32 bits per heavy atom. The molecule has 0 amide bonds. The van der Waals surface area contributed by atoms with E-state index in [4.69, 9.17) is 0 Å². The highest BCUT2D eigenvalue weighted by Crippen LogP contribution is 2.12. The van der Waals surface area contributed by atoms with Crippen molar-refractivity contribution in [3.05, 3.63) is 16.1 Å². The highest BCUT2D eigenvalue weighted by atomic mass is 127. The van der Waals surface area contributed by atoms with Crippen LogP contribution < -0.4 is 10.6 Å². The predicted molar refractivity (Wildman–Crippen MR) is 118 cm³/mol. The molecular formula is C17H33IN6S. The Morgan fingerprint density at radius 3 is 2.64 bits per heavy atom. The fourth-order valence-electron chi connectivity index (χ4n) is 2.78. The summed E-state index contributed by atoms with van der Waals surface area (Å²) in [6.07, 6.45) is 3.02. The maximum atomic E-state index is 4.43. The van der Waals surface area contributed by atoms with Crippen molar-refractivity contribution in [2.75, 3.05) is 53.4 Å². The molecule has 1 unspecified atom stereocenters. The first-order valence-electron chi connectivity index (χ1n) is 8.89. The van der Waals surface area contributed by atoms with Gasteiger partial charge in [0.25, 0.3) is 0 Å². The first-order chi connectivity index (χ1) is 11.6. The van der Waals surface area contributed by atoms with Crippen molar-refractivity contribution >= 4 is 41.3 Å². The SMILES string of the molecule is CCc1cnc(CNC(=NC)NCC(C)CN2CCN(C)CC2)s1.I. The molecule has 1 aliphatic rings. The molecule has 2 heterocycles. The second-order valence-electron chi connectivity index (χ2n) is 6.59. The van der Waals surface area contributed by atoms with Crippen molar-refractivity contribution in [3.63, 3.8) is 0 Å². The molecule has 1 atom stereocenters. The van der Waals surface area contributed by atoms with E-state index in [1.54, 1.807) is 11.3 Å². The molecule has 25 heavy (non-hydrogen) atoms. The summed E-state index contributed by atoms with van der Waals surface area (Å²) >= 11 is 1.77. The van der Waals surface area contributed by atoms with E-state index in [9.17, 15) is 0 Å². The molecule has 1 fully saturated rings. The van der Waals surface area contributed by atoms with Gasteiger partial charge in [-0.3, -0.25) is 4.99 Å². The number of aryl methyl sites for hydroxylation is 1. The van der Waals surface area contributed by atoms with E-state index in [0.29, 0.717) is 5.92 Å². The maximum Gasteiger partial charge on any atom is 0.191 e. The molecule has 0 bridgehead atoms. The number of hydrogen-bond donors (Lipinski definition) is 2. The van der Waals surface area contributed by atoms with Gasteiger partial charge in [-0.05, 0) is 19.4 Å². The first kappa shape index (κ1) is 22.6. The molecule has 0 saturated carbocycles. The summed E-state index contributed by atoms with van der Waals surface area (Å²) in [5, 5.41) is 7.90. The quantitative estimate of drug-likeness (QED) is 0.355. The van der Waals surface area contributed by atoms with E-state index in [0.717, 1.165) is 37.0 Å². The molecular weight excluding hydrogens is 447 g/mol. The summed E-state index contributed by atoms with van der Waals surface area (Å²) in [4.78, 5) is 15.0. The van der Waals surface area contributed by atoms with Gasteiger partial charge in [0.15, 0.2) is 5.96 Å². The van der Waals surface area contributed by atoms with E-state index in [2.05, 4.69) is 51.3 Å². The Balaban J connectivity index is 0.00000312. The molecule has 0 spiro atoms. The van der Waals surface area contributed by atoms with Crippen LogP contribution in [0.3, 0.4) is 0 Å². The molecule has 1 saturated heterocycles. The Bertz CT molecular complexity index is 513. The topological polar surface area (TPSA) is 55.8 Å². The number of aliphatic imine (C=N–C) groups is 1. The van der Waals surface area contributed by atoms with Gasteiger partial charge in [0.2, 0.25) is 0 Å². The van der Waals surface area contributed by atoms with Gasteiger partial charge in [0.1, 0.15) is 5.01 Å². The largest absolute Gasteiger partial charge is 0.356 e. The van der Waals surface area contributed by atoms with Gasteiger partial charge in [-0.2, -0.15) is 0 Å². The number of aromatic nitrogens is 1. The van der Waals surface area contributed by atoms with E-state index in [-0.39, 0.29) is 24.0 Å². The lowest BCUT2D eigenvalue weighted by atomic mass is 10.1. The maximum absolute atomic E-state index is 4.43. The summed E-state index contributed by atoms with van der Waals surface area (Å²) in [6, 6.07) is 0. The van der Waals surface area contributed by atoms with Crippen LogP contribution in [0.15, 0.2) is 11.2 Å². The molecule has 1 aliphatic heterocycles. The zero-order chi connectivity index (χ0) is 17.4. The third kappa shape index (κ3) is 8.19. The van der Waals surface area contributed by atoms with Crippen LogP contribution in [0.4, 0.5) is 0 Å². The Kier molecular flexibility index (Phi) is 10.9. The van der Waals surface area contributed by atoms with Crippen LogP contribution in [-0.4, -0.2) is 74.1 Å². The minimum absolute atomic E-state index is 0. The number of guanidine groups is 1. The van der Waals surface area contributed by atoms with E-state index in [1.807, 2.05) is 13.2 Å². The molecule has 0 aliphatic carbocycles. The molecule has 2 N–H and O–H groups in total. The number of piperazine rings is 1. The molecule has 0 radical (unpaired) electrons. The van der Waals surface area contributed by atoms with Gasteiger partial charge < -0.3 is 20.4 Å². The average molecular weight is 480 g/mol. The van der Waals surface area contributed by atoms with Crippen LogP contribution in [0.2, 0.25) is 0 Å². The summed E-state index contributed by atoms with van der Waals surface area (Å²) in [7, 11) is 4.02. The summed E-state index contributed by atoms with van der Waals surface area (Å²) in [5.74, 6) is 1.45. The normalized spacial score (nSPS) is 17.8. The summed E-state index contributed by atoms with van der Waals surface area (Å²) < 4.78 is 0. The van der Waals surface area contributed by atoms with E-state index in [1.165, 1.54) is 31.1 Å². The first-order valence-corrected chi connectivity index (χ1v) is 9.71. The second-order valence-corrected chi connectivity index (χ2v) is 7.79. The number of nitrogens with zero attached hydrogens (tertiary/aromatic N) is 4. The van der Waals surface area contributed by atoms with E-state index < -0.39 is 0 Å². The van der Waals surface area contributed by atoms with Gasteiger partial charge in [0, 0.05) is 57.4 Å². The van der Waals surface area contributed by atoms with Crippen molar-refractivity contribution in [1.29, 1.82) is 0 Å². The highest BCUT2D eigenvalue weighted by Gasteiger charge is 2.16. The Hall–Kier alpha value is -0.450. The number of thiazole rings is 1. The second kappa shape index (κ2) is 12.0. The van der Waals surface area contributed by atoms with Gasteiger partial charge >= 0.3 is 0 Å². The predicted octanol–water partition coefficient (Wildman–Crippen LogP) is 1.87. The van der Waals surface area contributed by atoms with Crippen molar-refractivity contribution in [1.82, 2.24) is 25.4 Å². The van der Waals surface area contributed by atoms with Crippen LogP contribution >= 0.6 is 35.3 Å². The molecule has 144 valence electrons. The third-order valence-electron chi connectivity index (χ3n) is 4.36. The van der Waals surface area contributed by atoms with Crippen molar-refractivity contribution in [3.8, 4) is 0 Å². The molecule has 0 aromatic carbocycles. The van der Waals surface area contributed by atoms with Crippen molar-refractivity contribution < 1.29 is 0 Å². The van der Waals surface area contributed by atoms with Crippen LogP contribution in [0, 0.1) is 5.92 Å². The lowest BCUT2D eigenvalue weighted by molar-refractivity contribution is 0.139. The number of hydrogen-bond acceptors (Lipinski definition) is 5. The van der Waals surface area contributed by atoms with Gasteiger partial charge in [-0.15, -0.1) is 35.3 Å². The highest BCUT2D eigenvalue weighted by molar-refractivity contribution is 14.0. The smallest absolute Gasteiger partial charge is 0.191 e.